The van der Waals surface area contributed by atoms with Gasteiger partial charge in [-0.2, -0.15) is 0 Å². The first-order valence-electron chi connectivity index (χ1n) is 8.16. The van der Waals surface area contributed by atoms with Crippen molar-refractivity contribution in [3.63, 3.8) is 0 Å². The summed E-state index contributed by atoms with van der Waals surface area (Å²) in [5, 5.41) is 4.90. The van der Waals surface area contributed by atoms with Gasteiger partial charge in [-0.1, -0.05) is 0 Å². The number of rotatable bonds is 7. The van der Waals surface area contributed by atoms with E-state index in [1.54, 1.807) is 12.1 Å². The van der Waals surface area contributed by atoms with Crippen LogP contribution in [0.3, 0.4) is 0 Å². The molecule has 0 unspecified atom stereocenters. The molecule has 25 heavy (non-hydrogen) atoms. The molecule has 1 N–H and O–H groups in total. The summed E-state index contributed by atoms with van der Waals surface area (Å²) in [6.07, 6.45) is 3.15. The van der Waals surface area contributed by atoms with Gasteiger partial charge in [0.2, 0.25) is 5.91 Å². The minimum atomic E-state index is -0.267. The zero-order valence-electron chi connectivity index (χ0n) is 14.3. The van der Waals surface area contributed by atoms with Crippen LogP contribution in [0.25, 0.3) is 16.2 Å². The summed E-state index contributed by atoms with van der Waals surface area (Å²) >= 11 is 1.50. The number of nitrogens with zero attached hydrogens (tertiary/aromatic N) is 3. The van der Waals surface area contributed by atoms with Crippen LogP contribution < -0.4 is 5.32 Å². The number of nitrogens with one attached hydrogen (secondary N) is 1. The third kappa shape index (κ3) is 4.43. The van der Waals surface area contributed by atoms with Crippen molar-refractivity contribution in [2.24, 2.45) is 0 Å². The fourth-order valence-corrected chi connectivity index (χ4v) is 3.44. The Morgan fingerprint density at radius 3 is 2.80 bits per heavy atom. The Balaban J connectivity index is 1.66. The highest BCUT2D eigenvalue weighted by Crippen LogP contribution is 2.24. The zero-order valence-corrected chi connectivity index (χ0v) is 15.1. The van der Waals surface area contributed by atoms with Gasteiger partial charge < -0.3 is 10.2 Å². The van der Waals surface area contributed by atoms with Gasteiger partial charge in [0.05, 0.1) is 12.1 Å². The van der Waals surface area contributed by atoms with E-state index in [0.717, 1.165) is 34.9 Å². The highest BCUT2D eigenvalue weighted by molar-refractivity contribution is 7.15. The molecule has 0 atom stereocenters. The molecule has 0 spiro atoms. The molecule has 132 valence electrons. The van der Waals surface area contributed by atoms with Crippen molar-refractivity contribution in [1.29, 1.82) is 0 Å². The van der Waals surface area contributed by atoms with Crippen LogP contribution in [0.2, 0.25) is 0 Å². The van der Waals surface area contributed by atoms with Gasteiger partial charge in [0, 0.05) is 29.4 Å². The van der Waals surface area contributed by atoms with Crippen molar-refractivity contribution in [1.82, 2.24) is 19.6 Å². The van der Waals surface area contributed by atoms with E-state index < -0.39 is 0 Å². The SMILES string of the molecule is CN(C)CCCNC(=O)Cc1csc2nc(-c3ccc(F)cc3)cn12. The summed E-state index contributed by atoms with van der Waals surface area (Å²) in [6.45, 7) is 1.63. The van der Waals surface area contributed by atoms with Crippen molar-refractivity contribution in [2.45, 2.75) is 12.8 Å². The predicted octanol–water partition coefficient (Wildman–Crippen LogP) is 2.81. The van der Waals surface area contributed by atoms with E-state index in [1.807, 2.05) is 30.1 Å². The van der Waals surface area contributed by atoms with E-state index >= 15 is 0 Å². The monoisotopic (exact) mass is 360 g/mol. The maximum atomic E-state index is 13.1. The van der Waals surface area contributed by atoms with Crippen molar-refractivity contribution >= 4 is 22.2 Å². The van der Waals surface area contributed by atoms with E-state index in [0.29, 0.717) is 13.0 Å². The van der Waals surface area contributed by atoms with E-state index in [-0.39, 0.29) is 11.7 Å². The molecule has 0 aliphatic heterocycles. The summed E-state index contributed by atoms with van der Waals surface area (Å²) < 4.78 is 15.0. The van der Waals surface area contributed by atoms with Crippen molar-refractivity contribution in [2.75, 3.05) is 27.2 Å². The summed E-state index contributed by atoms with van der Waals surface area (Å²) in [7, 11) is 4.03. The number of halogens is 1. The molecule has 3 aromatic rings. The molecule has 3 rings (SSSR count). The Kier molecular flexibility index (Phi) is 5.45. The summed E-state index contributed by atoms with van der Waals surface area (Å²) in [4.78, 5) is 19.6. The standard InChI is InChI=1S/C18H21FN4OS/c1-22(2)9-3-8-20-17(24)10-15-12-25-18-21-16(11-23(15)18)13-4-6-14(19)7-5-13/h4-7,11-12H,3,8-10H2,1-2H3,(H,20,24). The second-order valence-corrected chi connectivity index (χ2v) is 7.03. The number of carbonyl (C=O) groups excluding carboxylic acids is 1. The molecule has 1 amide bonds. The van der Waals surface area contributed by atoms with Crippen LogP contribution in [-0.2, 0) is 11.2 Å². The molecule has 0 aliphatic rings. The average molecular weight is 360 g/mol. The molecule has 0 aliphatic carbocycles. The van der Waals surface area contributed by atoms with E-state index in [2.05, 4.69) is 15.2 Å². The van der Waals surface area contributed by atoms with Gasteiger partial charge in [0.1, 0.15) is 5.82 Å². The number of hydrogen-bond donors (Lipinski definition) is 1. The Hall–Kier alpha value is -2.25. The van der Waals surface area contributed by atoms with Gasteiger partial charge in [-0.05, 0) is 51.3 Å². The van der Waals surface area contributed by atoms with Crippen molar-refractivity contribution < 1.29 is 9.18 Å². The van der Waals surface area contributed by atoms with Crippen LogP contribution in [0.15, 0.2) is 35.8 Å². The number of benzene rings is 1. The first-order chi connectivity index (χ1) is 12.0. The van der Waals surface area contributed by atoms with Gasteiger partial charge in [-0.15, -0.1) is 11.3 Å². The lowest BCUT2D eigenvalue weighted by atomic mass is 10.2. The van der Waals surface area contributed by atoms with Crippen molar-refractivity contribution in [3.05, 3.63) is 47.4 Å². The van der Waals surface area contributed by atoms with Gasteiger partial charge in [-0.3, -0.25) is 9.20 Å². The topological polar surface area (TPSA) is 49.6 Å². The van der Waals surface area contributed by atoms with E-state index in [1.165, 1.54) is 23.5 Å². The lowest BCUT2D eigenvalue weighted by molar-refractivity contribution is -0.120. The normalized spacial score (nSPS) is 11.4. The lowest BCUT2D eigenvalue weighted by Crippen LogP contribution is -2.28. The molecule has 5 nitrogen and oxygen atoms in total. The molecule has 0 bridgehead atoms. The summed E-state index contributed by atoms with van der Waals surface area (Å²) in [6, 6.07) is 6.26. The smallest absolute Gasteiger partial charge is 0.225 e. The van der Waals surface area contributed by atoms with Crippen LogP contribution in [0.1, 0.15) is 12.1 Å². The number of imidazole rings is 1. The summed E-state index contributed by atoms with van der Waals surface area (Å²) in [5.41, 5.74) is 2.54. The van der Waals surface area contributed by atoms with Gasteiger partial charge >= 0.3 is 0 Å². The Morgan fingerprint density at radius 1 is 1.32 bits per heavy atom. The number of carbonyl (C=O) groups is 1. The number of fused-ring (bicyclic) bond motifs is 1. The van der Waals surface area contributed by atoms with Crippen LogP contribution in [0, 0.1) is 5.82 Å². The van der Waals surface area contributed by atoms with Gasteiger partial charge in [-0.25, -0.2) is 9.37 Å². The van der Waals surface area contributed by atoms with Crippen LogP contribution in [0.5, 0.6) is 0 Å². The maximum absolute atomic E-state index is 13.1. The fourth-order valence-electron chi connectivity index (χ4n) is 2.57. The lowest BCUT2D eigenvalue weighted by Gasteiger charge is -2.09. The molecule has 2 aromatic heterocycles. The molecule has 0 saturated carbocycles. The predicted molar refractivity (Wildman–Crippen MR) is 98.3 cm³/mol. The quantitative estimate of drug-likeness (QED) is 0.659. The molecule has 1 aromatic carbocycles. The van der Waals surface area contributed by atoms with Gasteiger partial charge in [0.25, 0.3) is 0 Å². The van der Waals surface area contributed by atoms with Crippen LogP contribution in [0.4, 0.5) is 4.39 Å². The zero-order chi connectivity index (χ0) is 17.8. The van der Waals surface area contributed by atoms with Crippen LogP contribution in [-0.4, -0.2) is 47.4 Å². The second-order valence-electron chi connectivity index (χ2n) is 6.20. The number of thiazole rings is 1. The van der Waals surface area contributed by atoms with Crippen LogP contribution >= 0.6 is 11.3 Å². The first kappa shape index (κ1) is 17.6. The average Bonchev–Trinajstić information content (AvgIpc) is 3.14. The third-order valence-electron chi connectivity index (χ3n) is 3.87. The molecule has 2 heterocycles. The Labute approximate surface area is 150 Å². The van der Waals surface area contributed by atoms with E-state index in [4.69, 9.17) is 0 Å². The molecule has 7 heteroatoms. The van der Waals surface area contributed by atoms with Crippen molar-refractivity contribution in [3.8, 4) is 11.3 Å². The molecular weight excluding hydrogens is 339 g/mol. The highest BCUT2D eigenvalue weighted by Gasteiger charge is 2.12. The maximum Gasteiger partial charge on any atom is 0.225 e. The number of amides is 1. The number of hydrogen-bond acceptors (Lipinski definition) is 4. The summed E-state index contributed by atoms with van der Waals surface area (Å²) in [5.74, 6) is -0.258. The second kappa shape index (κ2) is 7.76. The molecule has 0 saturated heterocycles. The minimum absolute atomic E-state index is 0.00971. The number of aromatic nitrogens is 2. The third-order valence-corrected chi connectivity index (χ3v) is 4.76. The molecule has 0 radical (unpaired) electrons. The van der Waals surface area contributed by atoms with Gasteiger partial charge in [0.15, 0.2) is 4.96 Å². The Bertz CT molecular complexity index is 854. The largest absolute Gasteiger partial charge is 0.356 e. The first-order valence-corrected chi connectivity index (χ1v) is 9.04. The highest BCUT2D eigenvalue weighted by atomic mass is 32.1. The fraction of sp³-hybridized carbons (Fsp3) is 0.333. The van der Waals surface area contributed by atoms with E-state index in [9.17, 15) is 9.18 Å². The minimum Gasteiger partial charge on any atom is -0.356 e. The molecule has 0 fully saturated rings. The Morgan fingerprint density at radius 2 is 2.08 bits per heavy atom. The molecular formula is C18H21FN4OS.